The van der Waals surface area contributed by atoms with Crippen LogP contribution in [0.15, 0.2) is 23.1 Å². The van der Waals surface area contributed by atoms with Gasteiger partial charge >= 0.3 is 5.97 Å². The van der Waals surface area contributed by atoms with Gasteiger partial charge in [-0.2, -0.15) is 0 Å². The van der Waals surface area contributed by atoms with Crippen molar-refractivity contribution in [2.24, 2.45) is 0 Å². The van der Waals surface area contributed by atoms with Crippen LogP contribution in [0.5, 0.6) is 0 Å². The lowest BCUT2D eigenvalue weighted by Gasteiger charge is -2.23. The Balaban J connectivity index is 2.20. The van der Waals surface area contributed by atoms with E-state index in [0.29, 0.717) is 6.54 Å². The smallest absolute Gasteiger partial charge is 0.339 e. The van der Waals surface area contributed by atoms with Crippen LogP contribution in [0.3, 0.4) is 0 Å². The molecule has 0 spiro atoms. The lowest BCUT2D eigenvalue weighted by atomic mass is 10.1. The van der Waals surface area contributed by atoms with E-state index in [4.69, 9.17) is 11.6 Å². The summed E-state index contributed by atoms with van der Waals surface area (Å²) in [5.74, 6) is -0.603. The predicted octanol–water partition coefficient (Wildman–Crippen LogP) is 1.16. The Kier molecular flexibility index (Phi) is 5.21. The first kappa shape index (κ1) is 16.2. The third kappa shape index (κ3) is 3.94. The molecule has 116 valence electrons. The van der Waals surface area contributed by atoms with E-state index in [0.717, 1.165) is 19.4 Å². The van der Waals surface area contributed by atoms with Gasteiger partial charge in [-0.1, -0.05) is 11.6 Å². The van der Waals surface area contributed by atoms with Crippen LogP contribution in [0, 0.1) is 0 Å². The van der Waals surface area contributed by atoms with E-state index in [9.17, 15) is 13.2 Å². The van der Waals surface area contributed by atoms with Crippen molar-refractivity contribution in [3.63, 3.8) is 0 Å². The van der Waals surface area contributed by atoms with Crippen molar-refractivity contribution >= 4 is 27.6 Å². The SMILES string of the molecule is COC(=O)c1ccc(S(=O)(=O)NC2CCCNC2)cc1Cl. The first-order valence-electron chi connectivity index (χ1n) is 6.55. The summed E-state index contributed by atoms with van der Waals surface area (Å²) < 4.78 is 31.8. The minimum Gasteiger partial charge on any atom is -0.465 e. The van der Waals surface area contributed by atoms with Crippen molar-refractivity contribution in [3.8, 4) is 0 Å². The molecule has 0 amide bonds. The zero-order chi connectivity index (χ0) is 15.5. The number of piperidine rings is 1. The average Bonchev–Trinajstić information content (AvgIpc) is 2.47. The fraction of sp³-hybridized carbons (Fsp3) is 0.462. The number of sulfonamides is 1. The van der Waals surface area contributed by atoms with E-state index in [1.54, 1.807) is 0 Å². The van der Waals surface area contributed by atoms with Crippen LogP contribution in [0.2, 0.25) is 5.02 Å². The van der Waals surface area contributed by atoms with Gasteiger partial charge in [0.05, 0.1) is 22.6 Å². The average molecular weight is 333 g/mol. The highest BCUT2D eigenvalue weighted by Crippen LogP contribution is 2.22. The third-order valence-electron chi connectivity index (χ3n) is 3.27. The molecule has 0 radical (unpaired) electrons. The van der Waals surface area contributed by atoms with Gasteiger partial charge in [-0.15, -0.1) is 0 Å². The summed E-state index contributed by atoms with van der Waals surface area (Å²) in [6.45, 7) is 1.51. The summed E-state index contributed by atoms with van der Waals surface area (Å²) in [6.07, 6.45) is 1.72. The number of carbonyl (C=O) groups excluding carboxylic acids is 1. The molecule has 1 aromatic rings. The standard InChI is InChI=1S/C13H17ClN2O4S/c1-20-13(17)11-5-4-10(7-12(11)14)21(18,19)16-9-3-2-6-15-8-9/h4-5,7,9,15-16H,2-3,6,8H2,1H3. The fourth-order valence-electron chi connectivity index (χ4n) is 2.18. The minimum atomic E-state index is -3.66. The number of hydrogen-bond donors (Lipinski definition) is 2. The van der Waals surface area contributed by atoms with Crippen LogP contribution in [0.1, 0.15) is 23.2 Å². The second-order valence-electron chi connectivity index (χ2n) is 4.80. The summed E-state index contributed by atoms with van der Waals surface area (Å²) in [5, 5.41) is 3.19. The summed E-state index contributed by atoms with van der Waals surface area (Å²) in [4.78, 5) is 11.5. The molecule has 21 heavy (non-hydrogen) atoms. The number of benzene rings is 1. The Morgan fingerprint density at radius 2 is 2.24 bits per heavy atom. The Bertz CT molecular complexity index is 627. The van der Waals surface area contributed by atoms with Gasteiger partial charge in [0.25, 0.3) is 0 Å². The Hall–Kier alpha value is -1.15. The second-order valence-corrected chi connectivity index (χ2v) is 6.92. The van der Waals surface area contributed by atoms with Crippen LogP contribution in [-0.2, 0) is 14.8 Å². The van der Waals surface area contributed by atoms with Crippen molar-refractivity contribution in [1.82, 2.24) is 10.0 Å². The monoisotopic (exact) mass is 332 g/mol. The lowest BCUT2D eigenvalue weighted by Crippen LogP contribution is -2.45. The van der Waals surface area contributed by atoms with Gasteiger partial charge in [0.1, 0.15) is 0 Å². The maximum absolute atomic E-state index is 12.3. The quantitative estimate of drug-likeness (QED) is 0.808. The van der Waals surface area contributed by atoms with Crippen LogP contribution in [0.4, 0.5) is 0 Å². The molecule has 1 aromatic carbocycles. The normalized spacial score (nSPS) is 19.2. The highest BCUT2D eigenvalue weighted by atomic mass is 35.5. The van der Waals surface area contributed by atoms with Crippen LogP contribution in [0.25, 0.3) is 0 Å². The summed E-state index contributed by atoms with van der Waals surface area (Å²) >= 11 is 5.95. The Morgan fingerprint density at radius 3 is 2.81 bits per heavy atom. The molecular formula is C13H17ClN2O4S. The molecule has 1 heterocycles. The van der Waals surface area contributed by atoms with E-state index in [1.807, 2.05) is 0 Å². The zero-order valence-corrected chi connectivity index (χ0v) is 13.1. The molecular weight excluding hydrogens is 316 g/mol. The number of esters is 1. The maximum atomic E-state index is 12.3. The summed E-state index contributed by atoms with van der Waals surface area (Å²) in [7, 11) is -2.42. The second kappa shape index (κ2) is 6.74. The minimum absolute atomic E-state index is 0.0331. The molecule has 8 heteroatoms. The zero-order valence-electron chi connectivity index (χ0n) is 11.6. The first-order chi connectivity index (χ1) is 9.94. The van der Waals surface area contributed by atoms with Crippen LogP contribution >= 0.6 is 11.6 Å². The van der Waals surface area contributed by atoms with Crippen molar-refractivity contribution < 1.29 is 17.9 Å². The molecule has 1 unspecified atom stereocenters. The molecule has 0 aliphatic carbocycles. The lowest BCUT2D eigenvalue weighted by molar-refractivity contribution is 0.0601. The molecule has 1 atom stereocenters. The molecule has 1 aliphatic heterocycles. The molecule has 2 N–H and O–H groups in total. The molecule has 0 aromatic heterocycles. The molecule has 2 rings (SSSR count). The van der Waals surface area contributed by atoms with E-state index < -0.39 is 16.0 Å². The molecule has 1 fully saturated rings. The number of ether oxygens (including phenoxy) is 1. The summed E-state index contributed by atoms with van der Waals surface area (Å²) in [5.41, 5.74) is 0.137. The number of rotatable bonds is 4. The van der Waals surface area contributed by atoms with Crippen LogP contribution in [-0.4, -0.2) is 40.6 Å². The van der Waals surface area contributed by atoms with Gasteiger partial charge in [-0.05, 0) is 37.6 Å². The number of hydrogen-bond acceptors (Lipinski definition) is 5. The molecule has 1 saturated heterocycles. The largest absolute Gasteiger partial charge is 0.465 e. The van der Waals surface area contributed by atoms with E-state index in [2.05, 4.69) is 14.8 Å². The maximum Gasteiger partial charge on any atom is 0.339 e. The highest BCUT2D eigenvalue weighted by Gasteiger charge is 2.23. The Labute approximate surface area is 128 Å². The first-order valence-corrected chi connectivity index (χ1v) is 8.41. The third-order valence-corrected chi connectivity index (χ3v) is 5.11. The number of nitrogens with one attached hydrogen (secondary N) is 2. The van der Waals surface area contributed by atoms with Gasteiger partial charge in [0.15, 0.2) is 0 Å². The van der Waals surface area contributed by atoms with Gasteiger partial charge in [-0.3, -0.25) is 0 Å². The highest BCUT2D eigenvalue weighted by molar-refractivity contribution is 7.89. The van der Waals surface area contributed by atoms with Gasteiger partial charge in [-0.25, -0.2) is 17.9 Å². The fourth-order valence-corrected chi connectivity index (χ4v) is 3.80. The van der Waals surface area contributed by atoms with Crippen molar-refractivity contribution in [3.05, 3.63) is 28.8 Å². The Morgan fingerprint density at radius 1 is 1.48 bits per heavy atom. The van der Waals surface area contributed by atoms with Gasteiger partial charge in [0.2, 0.25) is 10.0 Å². The predicted molar refractivity (Wildman–Crippen MR) is 79.0 cm³/mol. The molecule has 0 bridgehead atoms. The topological polar surface area (TPSA) is 84.5 Å². The number of methoxy groups -OCH3 is 1. The van der Waals surface area contributed by atoms with Gasteiger partial charge < -0.3 is 10.1 Å². The summed E-state index contributed by atoms with van der Waals surface area (Å²) in [6, 6.07) is 3.81. The molecule has 0 saturated carbocycles. The van der Waals surface area contributed by atoms with E-state index in [-0.39, 0.29) is 21.5 Å². The van der Waals surface area contributed by atoms with Gasteiger partial charge in [0, 0.05) is 12.6 Å². The number of halogens is 1. The van der Waals surface area contributed by atoms with Crippen molar-refractivity contribution in [1.29, 1.82) is 0 Å². The molecule has 6 nitrogen and oxygen atoms in total. The van der Waals surface area contributed by atoms with Crippen molar-refractivity contribution in [2.75, 3.05) is 20.2 Å². The van der Waals surface area contributed by atoms with Crippen LogP contribution < -0.4 is 10.0 Å². The van der Waals surface area contributed by atoms with Crippen molar-refractivity contribution in [2.45, 2.75) is 23.8 Å². The molecule has 1 aliphatic rings. The van der Waals surface area contributed by atoms with E-state index >= 15 is 0 Å². The number of carbonyl (C=O) groups is 1. The van der Waals surface area contributed by atoms with E-state index in [1.165, 1.54) is 25.3 Å².